The van der Waals surface area contributed by atoms with Gasteiger partial charge in [0.1, 0.15) is 0 Å². The first-order valence-electron chi connectivity index (χ1n) is 30.5. The predicted molar refractivity (Wildman–Crippen MR) is 379 cm³/mol. The number of para-hydroxylation sites is 2. The van der Waals surface area contributed by atoms with E-state index in [-0.39, 0.29) is 0 Å². The van der Waals surface area contributed by atoms with Crippen LogP contribution in [0.3, 0.4) is 0 Å². The van der Waals surface area contributed by atoms with Crippen LogP contribution < -0.4 is 41.5 Å². The number of hydrogen-bond acceptors (Lipinski definition) is 0. The molecule has 2 heterocycles. The van der Waals surface area contributed by atoms with Crippen molar-refractivity contribution in [1.29, 1.82) is 0 Å². The molecule has 88 heavy (non-hydrogen) atoms. The zero-order valence-electron chi connectivity index (χ0n) is 48.5. The monoisotopic (exact) mass is 1150 g/mol. The first-order valence-corrected chi connectivity index (χ1v) is 34.5. The van der Waals surface area contributed by atoms with Crippen molar-refractivity contribution < 1.29 is 0 Å². The van der Waals surface area contributed by atoms with E-state index >= 15 is 0 Å². The first-order chi connectivity index (χ1) is 43.7. The molecule has 0 aliphatic heterocycles. The quantitative estimate of drug-likeness (QED) is 0.0804. The molecular formula is C84H60N2Si2. The second-order valence-corrected chi connectivity index (χ2v) is 30.7. The molecule has 2 aromatic heterocycles. The number of hydrogen-bond donors (Lipinski definition) is 0. The molecule has 14 aromatic carbocycles. The highest BCUT2D eigenvalue weighted by atomic mass is 28.3. The van der Waals surface area contributed by atoms with E-state index in [2.05, 4.69) is 373 Å². The van der Waals surface area contributed by atoms with Crippen LogP contribution in [0.1, 0.15) is 0 Å². The van der Waals surface area contributed by atoms with E-state index in [1.165, 1.54) is 85.2 Å². The Morgan fingerprint density at radius 2 is 0.489 bits per heavy atom. The van der Waals surface area contributed by atoms with Gasteiger partial charge in [-0.3, -0.25) is 0 Å². The fraction of sp³-hybridized carbons (Fsp3) is 0. The molecule has 16 aromatic rings. The van der Waals surface area contributed by atoms with Crippen LogP contribution in [0.15, 0.2) is 364 Å². The average molecular weight is 1150 g/mol. The third-order valence-electron chi connectivity index (χ3n) is 18.4. The molecule has 0 saturated heterocycles. The number of benzene rings is 14. The zero-order chi connectivity index (χ0) is 58.4. The van der Waals surface area contributed by atoms with Crippen LogP contribution in [0.2, 0.25) is 0 Å². The Hall–Kier alpha value is -10.9. The number of aromatic nitrogens is 2. The fourth-order valence-corrected chi connectivity index (χ4v) is 24.1. The minimum absolute atomic E-state index is 1.12. The van der Waals surface area contributed by atoms with E-state index in [0.29, 0.717) is 0 Å². The predicted octanol–water partition coefficient (Wildman–Crippen LogP) is 15.6. The summed E-state index contributed by atoms with van der Waals surface area (Å²) in [5, 5.41) is 15.5. The van der Waals surface area contributed by atoms with Gasteiger partial charge < -0.3 is 9.13 Å². The largest absolute Gasteiger partial charge is 0.309 e. The van der Waals surface area contributed by atoms with E-state index in [4.69, 9.17) is 0 Å². The normalized spacial score (nSPS) is 11.9. The molecule has 16 rings (SSSR count). The van der Waals surface area contributed by atoms with Crippen LogP contribution >= 0.6 is 0 Å². The third-order valence-corrected chi connectivity index (χ3v) is 27.9. The molecule has 0 bridgehead atoms. The Bertz CT molecular complexity index is 4900. The van der Waals surface area contributed by atoms with Gasteiger partial charge in [0, 0.05) is 38.4 Å². The zero-order valence-corrected chi connectivity index (χ0v) is 50.5. The summed E-state index contributed by atoms with van der Waals surface area (Å²) in [7, 11) is -6.18. The highest BCUT2D eigenvalue weighted by molar-refractivity contribution is 7.20. The maximum Gasteiger partial charge on any atom is 0.179 e. The van der Waals surface area contributed by atoms with Gasteiger partial charge in [-0.25, -0.2) is 0 Å². The molecule has 0 unspecified atom stereocenters. The SMILES string of the molecule is c1ccc(-c2ccc([Si](c3ccccc3)(c3ccccc3)c3cc(-c4ccccc4)c(-n4c5ccc(-n6c7ccccc7c7ccccc76)cc5c5cc([Si](c6ccccc6)(c6ccccc6)c6ccccc6)ccc54)c(-c4ccccc4)c3)cc2)cc1. The lowest BCUT2D eigenvalue weighted by Crippen LogP contribution is -2.74. The van der Waals surface area contributed by atoms with E-state index in [9.17, 15) is 0 Å². The van der Waals surface area contributed by atoms with Gasteiger partial charge in [0.15, 0.2) is 16.1 Å². The summed E-state index contributed by atoms with van der Waals surface area (Å²) in [5.74, 6) is 0. The molecule has 0 N–H and O–H groups in total. The van der Waals surface area contributed by atoms with Crippen molar-refractivity contribution in [3.05, 3.63) is 364 Å². The molecule has 0 saturated carbocycles. The molecule has 0 fully saturated rings. The van der Waals surface area contributed by atoms with Crippen molar-refractivity contribution >= 4 is 101 Å². The summed E-state index contributed by atoms with van der Waals surface area (Å²) >= 11 is 0. The van der Waals surface area contributed by atoms with Crippen LogP contribution in [-0.4, -0.2) is 25.3 Å². The van der Waals surface area contributed by atoms with Gasteiger partial charge in [-0.1, -0.05) is 328 Å². The summed E-state index contributed by atoms with van der Waals surface area (Å²) in [6.07, 6.45) is 0. The lowest BCUT2D eigenvalue weighted by Gasteiger charge is -2.36. The minimum atomic E-state index is -3.18. The Kier molecular flexibility index (Phi) is 13.3. The summed E-state index contributed by atoms with van der Waals surface area (Å²) < 4.78 is 5.09. The molecule has 0 radical (unpaired) electrons. The molecule has 2 nitrogen and oxygen atoms in total. The molecule has 0 aliphatic carbocycles. The Morgan fingerprint density at radius 3 is 0.920 bits per heavy atom. The minimum Gasteiger partial charge on any atom is -0.309 e. The highest BCUT2D eigenvalue weighted by Gasteiger charge is 2.44. The van der Waals surface area contributed by atoms with E-state index in [0.717, 1.165) is 44.7 Å². The van der Waals surface area contributed by atoms with Crippen molar-refractivity contribution in [3.8, 4) is 44.8 Å². The average Bonchev–Trinajstić information content (AvgIpc) is 1.33. The van der Waals surface area contributed by atoms with Gasteiger partial charge in [0.05, 0.1) is 27.8 Å². The molecular weight excluding hydrogens is 1090 g/mol. The van der Waals surface area contributed by atoms with Crippen molar-refractivity contribution in [1.82, 2.24) is 9.13 Å². The van der Waals surface area contributed by atoms with E-state index in [1.54, 1.807) is 0 Å². The van der Waals surface area contributed by atoms with Crippen LogP contribution in [0.5, 0.6) is 0 Å². The Labute approximate surface area is 515 Å². The van der Waals surface area contributed by atoms with Gasteiger partial charge in [-0.15, -0.1) is 0 Å². The van der Waals surface area contributed by atoms with Gasteiger partial charge in [-0.2, -0.15) is 0 Å². The first kappa shape index (κ1) is 52.7. The maximum atomic E-state index is 2.62. The van der Waals surface area contributed by atoms with E-state index in [1.807, 2.05) is 0 Å². The summed E-state index contributed by atoms with van der Waals surface area (Å²) in [6, 6.07) is 137. The van der Waals surface area contributed by atoms with Crippen LogP contribution in [0, 0.1) is 0 Å². The van der Waals surface area contributed by atoms with Crippen LogP contribution in [0.4, 0.5) is 0 Å². The molecule has 4 heteroatoms. The molecule has 0 aliphatic rings. The number of rotatable bonds is 13. The summed E-state index contributed by atoms with van der Waals surface area (Å²) in [5.41, 5.74) is 13.9. The number of nitrogens with zero attached hydrogens (tertiary/aromatic N) is 2. The van der Waals surface area contributed by atoms with Crippen LogP contribution in [-0.2, 0) is 0 Å². The summed E-state index contributed by atoms with van der Waals surface area (Å²) in [6.45, 7) is 0. The second kappa shape index (κ2) is 22.2. The van der Waals surface area contributed by atoms with Gasteiger partial charge in [-0.05, 0) is 100 Å². The second-order valence-electron chi connectivity index (χ2n) is 23.1. The van der Waals surface area contributed by atoms with Gasteiger partial charge in [0.25, 0.3) is 0 Å². The lowest BCUT2D eigenvalue weighted by atomic mass is 9.95. The number of fused-ring (bicyclic) bond motifs is 6. The molecule has 0 spiro atoms. The lowest BCUT2D eigenvalue weighted by molar-refractivity contribution is 1.17. The smallest absolute Gasteiger partial charge is 0.179 e. The van der Waals surface area contributed by atoms with Gasteiger partial charge >= 0.3 is 0 Å². The van der Waals surface area contributed by atoms with Crippen molar-refractivity contribution in [2.24, 2.45) is 0 Å². The van der Waals surface area contributed by atoms with Gasteiger partial charge in [0.2, 0.25) is 0 Å². The van der Waals surface area contributed by atoms with Crippen LogP contribution in [0.25, 0.3) is 88.4 Å². The fourth-order valence-electron chi connectivity index (χ4n) is 14.6. The molecule has 0 atom stereocenters. The highest BCUT2D eigenvalue weighted by Crippen LogP contribution is 2.43. The third kappa shape index (κ3) is 8.59. The standard InChI is InChI=1S/C84H60N2Si2/c1-9-29-61(30-10-1)62-49-52-71(53-50-62)88(69-41-21-7-22-42-69,70-43-23-8-24-44-70)73-59-76(63-31-11-2-12-32-63)84(77(60-73)64-33-13-3-14-34-64)86-82-55-51-65(85-80-47-27-25-45-74(80)75-46-26-28-48-81(75)85)57-78(82)79-58-72(54-56-83(79)86)87(66-35-15-4-16-36-66,67-37-17-5-18-38-67)68-39-19-6-20-40-68/h1-60H. The van der Waals surface area contributed by atoms with Crippen molar-refractivity contribution in [2.75, 3.05) is 0 Å². The van der Waals surface area contributed by atoms with Crippen molar-refractivity contribution in [3.63, 3.8) is 0 Å². The topological polar surface area (TPSA) is 9.86 Å². The Morgan fingerprint density at radius 1 is 0.182 bits per heavy atom. The maximum absolute atomic E-state index is 3.18. The van der Waals surface area contributed by atoms with Crippen molar-refractivity contribution in [2.45, 2.75) is 0 Å². The molecule has 414 valence electrons. The molecule has 0 amide bonds. The Balaban J connectivity index is 1.05. The van der Waals surface area contributed by atoms with E-state index < -0.39 is 16.1 Å². The summed E-state index contributed by atoms with van der Waals surface area (Å²) in [4.78, 5) is 0.